The number of hydrogen-bond acceptors (Lipinski definition) is 3. The quantitative estimate of drug-likeness (QED) is 0.762. The Morgan fingerprint density at radius 3 is 2.71 bits per heavy atom. The maximum atomic E-state index is 5.93. The molecule has 3 rings (SSSR count). The van der Waals surface area contributed by atoms with Crippen molar-refractivity contribution >= 4 is 22.5 Å². The zero-order valence-electron chi connectivity index (χ0n) is 9.40. The molecule has 0 spiro atoms. The van der Waals surface area contributed by atoms with E-state index in [0.717, 1.165) is 23.7 Å². The van der Waals surface area contributed by atoms with Gasteiger partial charge in [0.25, 0.3) is 0 Å². The van der Waals surface area contributed by atoms with Gasteiger partial charge in [-0.15, -0.1) is 0 Å². The summed E-state index contributed by atoms with van der Waals surface area (Å²) in [6.45, 7) is 0. The summed E-state index contributed by atoms with van der Waals surface area (Å²) in [7, 11) is 0. The molecule has 1 aromatic heterocycles. The third-order valence-electron chi connectivity index (χ3n) is 3.12. The van der Waals surface area contributed by atoms with Crippen LogP contribution in [0.5, 0.6) is 5.88 Å². The maximum Gasteiger partial charge on any atom is 0.226 e. The molecule has 3 nitrogen and oxygen atoms in total. The molecule has 88 valence electrons. The van der Waals surface area contributed by atoms with E-state index in [4.69, 9.17) is 16.3 Å². The number of halogens is 1. The van der Waals surface area contributed by atoms with Crippen molar-refractivity contribution in [2.24, 2.45) is 0 Å². The van der Waals surface area contributed by atoms with E-state index in [-0.39, 0.29) is 11.4 Å². The van der Waals surface area contributed by atoms with Crippen LogP contribution < -0.4 is 4.74 Å². The smallest absolute Gasteiger partial charge is 0.226 e. The van der Waals surface area contributed by atoms with Gasteiger partial charge in [-0.05, 0) is 49.4 Å². The number of fused-ring (bicyclic) bond motifs is 1. The van der Waals surface area contributed by atoms with E-state index in [1.807, 2.05) is 24.3 Å². The fraction of sp³-hybridized carbons (Fsp3) is 0.385. The molecule has 0 amide bonds. The zero-order chi connectivity index (χ0) is 11.7. The molecular weight excluding hydrogens is 236 g/mol. The molecule has 4 heteroatoms. The van der Waals surface area contributed by atoms with Gasteiger partial charge in [0, 0.05) is 0 Å². The normalized spacial score (nSPS) is 16.5. The summed E-state index contributed by atoms with van der Waals surface area (Å²) in [5.41, 5.74) is 0.834. The van der Waals surface area contributed by atoms with Crippen molar-refractivity contribution in [3.63, 3.8) is 0 Å². The van der Waals surface area contributed by atoms with Gasteiger partial charge in [-0.25, -0.2) is 4.98 Å². The van der Waals surface area contributed by atoms with Gasteiger partial charge in [0.1, 0.15) is 6.10 Å². The van der Waals surface area contributed by atoms with Crippen molar-refractivity contribution < 1.29 is 4.74 Å². The minimum absolute atomic E-state index is 0.247. The van der Waals surface area contributed by atoms with Gasteiger partial charge in [-0.1, -0.05) is 12.1 Å². The first-order chi connectivity index (χ1) is 8.33. The molecule has 0 saturated heterocycles. The van der Waals surface area contributed by atoms with Gasteiger partial charge >= 0.3 is 0 Å². The van der Waals surface area contributed by atoms with Crippen molar-refractivity contribution in [2.45, 2.75) is 31.8 Å². The van der Waals surface area contributed by atoms with Crippen LogP contribution >= 0.6 is 11.6 Å². The number of hydrogen-bond donors (Lipinski definition) is 0. The van der Waals surface area contributed by atoms with Crippen molar-refractivity contribution in [1.29, 1.82) is 0 Å². The molecule has 17 heavy (non-hydrogen) atoms. The third-order valence-corrected chi connectivity index (χ3v) is 3.29. The minimum Gasteiger partial charge on any atom is -0.474 e. The summed E-state index contributed by atoms with van der Waals surface area (Å²) < 4.78 is 5.93. The van der Waals surface area contributed by atoms with E-state index >= 15 is 0 Å². The Hall–Kier alpha value is -1.35. The first kappa shape index (κ1) is 10.8. The van der Waals surface area contributed by atoms with Crippen LogP contribution in [0.2, 0.25) is 5.28 Å². The predicted molar refractivity (Wildman–Crippen MR) is 67.4 cm³/mol. The van der Waals surface area contributed by atoms with Crippen molar-refractivity contribution in [1.82, 2.24) is 9.97 Å². The van der Waals surface area contributed by atoms with Crippen molar-refractivity contribution in [2.75, 3.05) is 0 Å². The average molecular weight is 249 g/mol. The molecule has 0 aliphatic heterocycles. The second-order valence-corrected chi connectivity index (χ2v) is 4.68. The molecule has 2 aromatic rings. The number of nitrogens with zero attached hydrogens (tertiary/aromatic N) is 2. The molecule has 0 radical (unpaired) electrons. The lowest BCUT2D eigenvalue weighted by Gasteiger charge is -2.13. The number of aromatic nitrogens is 2. The van der Waals surface area contributed by atoms with Gasteiger partial charge in [0.15, 0.2) is 0 Å². The molecule has 1 saturated carbocycles. The Bertz CT molecular complexity index is 538. The Labute approximate surface area is 105 Å². The van der Waals surface area contributed by atoms with Gasteiger partial charge in [-0.2, -0.15) is 4.98 Å². The summed E-state index contributed by atoms with van der Waals surface area (Å²) >= 11 is 5.91. The third kappa shape index (κ3) is 2.20. The zero-order valence-corrected chi connectivity index (χ0v) is 10.2. The van der Waals surface area contributed by atoms with Gasteiger partial charge in [0.05, 0.1) is 10.9 Å². The van der Waals surface area contributed by atoms with E-state index in [1.165, 1.54) is 12.8 Å². The number of benzene rings is 1. The van der Waals surface area contributed by atoms with E-state index in [1.54, 1.807) is 0 Å². The monoisotopic (exact) mass is 248 g/mol. The molecule has 0 atom stereocenters. The van der Waals surface area contributed by atoms with E-state index < -0.39 is 0 Å². The minimum atomic E-state index is 0.247. The second kappa shape index (κ2) is 4.49. The summed E-state index contributed by atoms with van der Waals surface area (Å²) in [4.78, 5) is 8.38. The molecule has 0 N–H and O–H groups in total. The molecule has 1 aliphatic rings. The van der Waals surface area contributed by atoms with Crippen LogP contribution in [0, 0.1) is 0 Å². The van der Waals surface area contributed by atoms with Crippen LogP contribution in [-0.4, -0.2) is 16.1 Å². The summed E-state index contributed by atoms with van der Waals surface area (Å²) in [6.07, 6.45) is 4.97. The largest absolute Gasteiger partial charge is 0.474 e. The van der Waals surface area contributed by atoms with Crippen molar-refractivity contribution in [3.8, 4) is 5.88 Å². The molecule has 0 unspecified atom stereocenters. The van der Waals surface area contributed by atoms with Gasteiger partial charge in [-0.3, -0.25) is 0 Å². The Kier molecular flexibility index (Phi) is 2.85. The lowest BCUT2D eigenvalue weighted by atomic mass is 10.2. The topological polar surface area (TPSA) is 35.0 Å². The van der Waals surface area contributed by atoms with Crippen molar-refractivity contribution in [3.05, 3.63) is 29.5 Å². The summed E-state index contributed by atoms with van der Waals surface area (Å²) in [5, 5.41) is 1.18. The van der Waals surface area contributed by atoms with E-state index in [9.17, 15) is 0 Å². The van der Waals surface area contributed by atoms with E-state index in [0.29, 0.717) is 5.88 Å². The fourth-order valence-corrected chi connectivity index (χ4v) is 2.44. The van der Waals surface area contributed by atoms with Crippen LogP contribution in [0.15, 0.2) is 24.3 Å². The highest BCUT2D eigenvalue weighted by Gasteiger charge is 2.18. The predicted octanol–water partition coefficient (Wildman–Crippen LogP) is 3.60. The lowest BCUT2D eigenvalue weighted by molar-refractivity contribution is 0.204. The summed E-state index contributed by atoms with van der Waals surface area (Å²) in [5.74, 6) is 0.618. The van der Waals surface area contributed by atoms with Gasteiger partial charge in [0.2, 0.25) is 11.2 Å². The van der Waals surface area contributed by atoms with Crippen LogP contribution in [0.1, 0.15) is 25.7 Å². The van der Waals surface area contributed by atoms with Crippen LogP contribution in [0.4, 0.5) is 0 Å². The molecular formula is C13H13ClN2O. The molecule has 1 fully saturated rings. The standard InChI is InChI=1S/C13H13ClN2O/c14-13-15-11-8-4-3-7-10(11)12(16-13)17-9-5-1-2-6-9/h3-4,7-9H,1-2,5-6H2. The maximum absolute atomic E-state index is 5.93. The Morgan fingerprint density at radius 2 is 1.88 bits per heavy atom. The molecule has 0 bridgehead atoms. The highest BCUT2D eigenvalue weighted by atomic mass is 35.5. The Morgan fingerprint density at radius 1 is 1.12 bits per heavy atom. The first-order valence-electron chi connectivity index (χ1n) is 5.92. The highest BCUT2D eigenvalue weighted by molar-refractivity contribution is 6.28. The molecule has 1 aliphatic carbocycles. The first-order valence-corrected chi connectivity index (χ1v) is 6.30. The SMILES string of the molecule is Clc1nc(OC2CCCC2)c2ccccc2n1. The van der Waals surface area contributed by atoms with Gasteiger partial charge < -0.3 is 4.74 Å². The number of rotatable bonds is 2. The average Bonchev–Trinajstić information content (AvgIpc) is 2.81. The number of para-hydroxylation sites is 1. The van der Waals surface area contributed by atoms with Crippen LogP contribution in [-0.2, 0) is 0 Å². The lowest BCUT2D eigenvalue weighted by Crippen LogP contribution is -2.12. The van der Waals surface area contributed by atoms with E-state index in [2.05, 4.69) is 9.97 Å². The van der Waals surface area contributed by atoms with Crippen LogP contribution in [0.3, 0.4) is 0 Å². The second-order valence-electron chi connectivity index (χ2n) is 4.34. The Balaban J connectivity index is 2.01. The molecule has 1 aromatic carbocycles. The highest BCUT2D eigenvalue weighted by Crippen LogP contribution is 2.28. The summed E-state index contributed by atoms with van der Waals surface area (Å²) in [6, 6.07) is 7.78. The fourth-order valence-electron chi connectivity index (χ4n) is 2.27. The number of ether oxygens (including phenoxy) is 1. The molecule has 1 heterocycles. The van der Waals surface area contributed by atoms with Crippen LogP contribution in [0.25, 0.3) is 10.9 Å².